The standard InChI is InChI=1S/C11H18O2/c1-5-10(7-9(3)8-12)11(6-2)13-4/h2,7,10-12H,5,8H2,1,3-4H3. The molecule has 0 aromatic rings. The van der Waals surface area contributed by atoms with Crippen LogP contribution in [0.25, 0.3) is 0 Å². The molecule has 0 aliphatic heterocycles. The molecule has 0 radical (unpaired) electrons. The lowest BCUT2D eigenvalue weighted by Gasteiger charge is -2.17. The predicted octanol–water partition coefficient (Wildman–Crippen LogP) is 1.60. The average molecular weight is 182 g/mol. The fraction of sp³-hybridized carbons (Fsp3) is 0.636. The van der Waals surface area contributed by atoms with Gasteiger partial charge in [-0.2, -0.15) is 0 Å². The molecule has 0 fully saturated rings. The van der Waals surface area contributed by atoms with E-state index in [0.717, 1.165) is 12.0 Å². The van der Waals surface area contributed by atoms with Crippen molar-refractivity contribution in [1.82, 2.24) is 0 Å². The van der Waals surface area contributed by atoms with E-state index in [1.807, 2.05) is 13.0 Å². The third-order valence-electron chi connectivity index (χ3n) is 2.03. The molecule has 0 aliphatic carbocycles. The minimum atomic E-state index is -0.188. The highest BCUT2D eigenvalue weighted by Crippen LogP contribution is 2.14. The first-order valence-corrected chi connectivity index (χ1v) is 4.46. The molecule has 2 heteroatoms. The van der Waals surface area contributed by atoms with E-state index in [1.165, 1.54) is 0 Å². The topological polar surface area (TPSA) is 29.5 Å². The van der Waals surface area contributed by atoms with Crippen molar-refractivity contribution in [2.75, 3.05) is 13.7 Å². The summed E-state index contributed by atoms with van der Waals surface area (Å²) in [5.41, 5.74) is 0.934. The summed E-state index contributed by atoms with van der Waals surface area (Å²) in [4.78, 5) is 0. The van der Waals surface area contributed by atoms with E-state index in [4.69, 9.17) is 16.3 Å². The quantitative estimate of drug-likeness (QED) is 0.517. The summed E-state index contributed by atoms with van der Waals surface area (Å²) >= 11 is 0. The number of aliphatic hydroxyl groups is 1. The zero-order valence-electron chi connectivity index (χ0n) is 8.58. The molecular weight excluding hydrogens is 164 g/mol. The summed E-state index contributed by atoms with van der Waals surface area (Å²) < 4.78 is 5.14. The first-order chi connectivity index (χ1) is 6.19. The Bertz CT molecular complexity index is 201. The van der Waals surface area contributed by atoms with Crippen molar-refractivity contribution < 1.29 is 9.84 Å². The number of terminal acetylenes is 1. The van der Waals surface area contributed by atoms with Crippen LogP contribution in [0.2, 0.25) is 0 Å². The van der Waals surface area contributed by atoms with Crippen molar-refractivity contribution in [3.8, 4) is 12.3 Å². The Labute approximate surface area is 80.6 Å². The van der Waals surface area contributed by atoms with E-state index in [2.05, 4.69) is 12.8 Å². The van der Waals surface area contributed by atoms with Crippen molar-refractivity contribution in [2.45, 2.75) is 26.4 Å². The highest BCUT2D eigenvalue weighted by molar-refractivity contribution is 5.09. The smallest absolute Gasteiger partial charge is 0.123 e. The maximum Gasteiger partial charge on any atom is 0.123 e. The second-order valence-electron chi connectivity index (χ2n) is 3.07. The maximum absolute atomic E-state index is 8.85. The van der Waals surface area contributed by atoms with Crippen LogP contribution in [0.3, 0.4) is 0 Å². The van der Waals surface area contributed by atoms with Crippen LogP contribution in [0.15, 0.2) is 11.6 Å². The molecule has 0 saturated heterocycles. The first kappa shape index (κ1) is 12.2. The van der Waals surface area contributed by atoms with Crippen LogP contribution in [0.5, 0.6) is 0 Å². The number of aliphatic hydroxyl groups excluding tert-OH is 1. The van der Waals surface area contributed by atoms with E-state index in [1.54, 1.807) is 7.11 Å². The van der Waals surface area contributed by atoms with Crippen LogP contribution in [0.1, 0.15) is 20.3 Å². The van der Waals surface area contributed by atoms with Gasteiger partial charge >= 0.3 is 0 Å². The van der Waals surface area contributed by atoms with Gasteiger partial charge in [-0.3, -0.25) is 0 Å². The van der Waals surface area contributed by atoms with Crippen LogP contribution in [-0.4, -0.2) is 24.9 Å². The molecule has 1 N–H and O–H groups in total. The lowest BCUT2D eigenvalue weighted by atomic mass is 9.97. The van der Waals surface area contributed by atoms with E-state index in [0.29, 0.717) is 0 Å². The number of ether oxygens (including phenoxy) is 1. The Morgan fingerprint density at radius 3 is 2.62 bits per heavy atom. The molecule has 0 aromatic carbocycles. The lowest BCUT2D eigenvalue weighted by molar-refractivity contribution is 0.112. The highest BCUT2D eigenvalue weighted by atomic mass is 16.5. The molecule has 0 aliphatic rings. The molecule has 2 unspecified atom stereocenters. The van der Waals surface area contributed by atoms with Crippen molar-refractivity contribution in [3.63, 3.8) is 0 Å². The Morgan fingerprint density at radius 2 is 2.31 bits per heavy atom. The van der Waals surface area contributed by atoms with Gasteiger partial charge in [-0.25, -0.2) is 0 Å². The van der Waals surface area contributed by atoms with Crippen LogP contribution < -0.4 is 0 Å². The van der Waals surface area contributed by atoms with E-state index >= 15 is 0 Å². The van der Waals surface area contributed by atoms with Gasteiger partial charge in [0, 0.05) is 13.0 Å². The Hall–Kier alpha value is -0.780. The molecule has 0 spiro atoms. The molecule has 13 heavy (non-hydrogen) atoms. The summed E-state index contributed by atoms with van der Waals surface area (Å²) in [6.45, 7) is 4.01. The fourth-order valence-corrected chi connectivity index (χ4v) is 1.20. The summed E-state index contributed by atoms with van der Waals surface area (Å²) in [7, 11) is 1.61. The van der Waals surface area contributed by atoms with Crippen LogP contribution in [-0.2, 0) is 4.74 Å². The molecule has 0 heterocycles. The van der Waals surface area contributed by atoms with Gasteiger partial charge in [-0.15, -0.1) is 6.42 Å². The first-order valence-electron chi connectivity index (χ1n) is 4.46. The van der Waals surface area contributed by atoms with Crippen molar-refractivity contribution in [2.24, 2.45) is 5.92 Å². The highest BCUT2D eigenvalue weighted by Gasteiger charge is 2.14. The third-order valence-corrected chi connectivity index (χ3v) is 2.03. The molecule has 74 valence electrons. The van der Waals surface area contributed by atoms with Crippen molar-refractivity contribution in [3.05, 3.63) is 11.6 Å². The predicted molar refractivity (Wildman–Crippen MR) is 54.3 cm³/mol. The van der Waals surface area contributed by atoms with Gasteiger partial charge in [0.1, 0.15) is 6.10 Å². The van der Waals surface area contributed by atoms with Crippen LogP contribution in [0, 0.1) is 18.3 Å². The molecule has 0 amide bonds. The number of hydrogen-bond acceptors (Lipinski definition) is 2. The second-order valence-corrected chi connectivity index (χ2v) is 3.07. The van der Waals surface area contributed by atoms with Gasteiger partial charge in [0.2, 0.25) is 0 Å². The molecule has 0 rings (SSSR count). The van der Waals surface area contributed by atoms with Crippen LogP contribution in [0.4, 0.5) is 0 Å². The number of methoxy groups -OCH3 is 1. The summed E-state index contributed by atoms with van der Waals surface area (Å²) in [6, 6.07) is 0. The van der Waals surface area contributed by atoms with E-state index in [9.17, 15) is 0 Å². The Kier molecular flexibility index (Phi) is 6.30. The Balaban J connectivity index is 4.42. The van der Waals surface area contributed by atoms with Gasteiger partial charge in [-0.1, -0.05) is 24.5 Å². The number of hydrogen-bond donors (Lipinski definition) is 1. The molecule has 0 saturated carbocycles. The molecule has 2 nitrogen and oxygen atoms in total. The van der Waals surface area contributed by atoms with Gasteiger partial charge < -0.3 is 9.84 Å². The molecule has 0 bridgehead atoms. The SMILES string of the molecule is C#CC(OC)C(C=C(C)CO)CC. The fourth-order valence-electron chi connectivity index (χ4n) is 1.20. The largest absolute Gasteiger partial charge is 0.392 e. The monoisotopic (exact) mass is 182 g/mol. The second kappa shape index (κ2) is 6.71. The van der Waals surface area contributed by atoms with E-state index in [-0.39, 0.29) is 18.6 Å². The third kappa shape index (κ3) is 4.12. The molecule has 2 atom stereocenters. The van der Waals surface area contributed by atoms with Crippen LogP contribution >= 0.6 is 0 Å². The number of rotatable bonds is 5. The minimum absolute atomic E-state index is 0.0809. The maximum atomic E-state index is 8.85. The zero-order valence-corrected chi connectivity index (χ0v) is 8.58. The minimum Gasteiger partial charge on any atom is -0.392 e. The van der Waals surface area contributed by atoms with Gasteiger partial charge in [0.25, 0.3) is 0 Å². The van der Waals surface area contributed by atoms with Gasteiger partial charge in [-0.05, 0) is 13.3 Å². The van der Waals surface area contributed by atoms with E-state index < -0.39 is 0 Å². The zero-order chi connectivity index (χ0) is 10.3. The van der Waals surface area contributed by atoms with Crippen molar-refractivity contribution in [1.29, 1.82) is 0 Å². The lowest BCUT2D eigenvalue weighted by Crippen LogP contribution is -2.19. The molecular formula is C11H18O2. The van der Waals surface area contributed by atoms with Crippen molar-refractivity contribution >= 4 is 0 Å². The summed E-state index contributed by atoms with van der Waals surface area (Å²) in [5.74, 6) is 2.78. The molecule has 0 aromatic heterocycles. The summed E-state index contributed by atoms with van der Waals surface area (Å²) in [6.07, 6.45) is 8.02. The van der Waals surface area contributed by atoms with Gasteiger partial charge in [0.05, 0.1) is 6.61 Å². The average Bonchev–Trinajstić information content (AvgIpc) is 2.17. The van der Waals surface area contributed by atoms with Gasteiger partial charge in [0.15, 0.2) is 0 Å². The Morgan fingerprint density at radius 1 is 1.69 bits per heavy atom. The normalized spacial score (nSPS) is 16.4. The summed E-state index contributed by atoms with van der Waals surface area (Å²) in [5, 5.41) is 8.85.